The Kier molecular flexibility index (Phi) is 8.54. The first-order valence-corrected chi connectivity index (χ1v) is 12.4. The monoisotopic (exact) mass is 547 g/mol. The zero-order valence-corrected chi connectivity index (χ0v) is 22.1. The van der Waals surface area contributed by atoms with E-state index in [1.807, 2.05) is 19.1 Å². The van der Waals surface area contributed by atoms with Crippen molar-refractivity contribution in [3.8, 4) is 17.1 Å². The van der Waals surface area contributed by atoms with Crippen LogP contribution in [0, 0.1) is 12.7 Å². The minimum atomic E-state index is -0.578. The number of carbonyl (C=O) groups is 2. The molecule has 0 bridgehead atoms. The molecule has 0 atom stereocenters. The number of benzene rings is 1. The third kappa shape index (κ3) is 5.99. The molecule has 1 saturated heterocycles. The van der Waals surface area contributed by atoms with E-state index in [2.05, 4.69) is 24.8 Å². The Morgan fingerprint density at radius 3 is 2.58 bits per heavy atom. The lowest BCUT2D eigenvalue weighted by molar-refractivity contribution is -0.118. The van der Waals surface area contributed by atoms with E-state index in [0.717, 1.165) is 42.2 Å². The van der Waals surface area contributed by atoms with Crippen LogP contribution in [0.1, 0.15) is 23.0 Å². The van der Waals surface area contributed by atoms with Gasteiger partial charge in [0.25, 0.3) is 0 Å². The third-order valence-corrected chi connectivity index (χ3v) is 6.29. The molecule has 1 aliphatic heterocycles. The highest BCUT2D eigenvalue weighted by atomic mass is 19.1. The van der Waals surface area contributed by atoms with Crippen LogP contribution in [-0.4, -0.2) is 68.3 Å². The Bertz CT molecular complexity index is 1550. The van der Waals surface area contributed by atoms with E-state index in [4.69, 9.17) is 11.6 Å². The minimum Gasteiger partial charge on any atom is -0.507 e. The number of para-hydroxylation sites is 1. The predicted molar refractivity (Wildman–Crippen MR) is 150 cm³/mol. The molecule has 1 aliphatic rings. The number of hydrazine groups is 1. The van der Waals surface area contributed by atoms with Gasteiger partial charge in [-0.05, 0) is 26.0 Å². The second-order valence-electron chi connectivity index (χ2n) is 9.02. The zero-order valence-electron chi connectivity index (χ0n) is 22.1. The lowest BCUT2D eigenvalue weighted by Gasteiger charge is -2.33. The largest absolute Gasteiger partial charge is 0.507 e. The van der Waals surface area contributed by atoms with Crippen LogP contribution in [0.4, 0.5) is 16.0 Å². The molecule has 1 fully saturated rings. The number of aromatic amines is 1. The molecule has 3 aromatic heterocycles. The topological polar surface area (TPSA) is 171 Å². The number of piperazine rings is 1. The SMILES string of the molecule is CC(=O)c1c[nH]c2c(N(N)/C=C\N)ncc(F)c12.Cc1cc(N2CCN(C=O)CC2)nc(-c2ccccc2O)n1. The highest BCUT2D eigenvalue weighted by Crippen LogP contribution is 2.29. The smallest absolute Gasteiger partial charge is 0.209 e. The van der Waals surface area contributed by atoms with Crippen molar-refractivity contribution in [2.24, 2.45) is 11.6 Å². The van der Waals surface area contributed by atoms with Crippen LogP contribution in [0.5, 0.6) is 5.75 Å². The molecule has 0 aliphatic carbocycles. The van der Waals surface area contributed by atoms with Crippen LogP contribution in [-0.2, 0) is 4.79 Å². The molecule has 5 rings (SSSR count). The highest BCUT2D eigenvalue weighted by molar-refractivity contribution is 6.09. The van der Waals surface area contributed by atoms with Crippen LogP contribution in [0.3, 0.4) is 0 Å². The van der Waals surface area contributed by atoms with Crippen molar-refractivity contribution in [3.05, 3.63) is 72.2 Å². The molecule has 1 amide bonds. The molecular weight excluding hydrogens is 517 g/mol. The summed E-state index contributed by atoms with van der Waals surface area (Å²) in [5.41, 5.74) is 7.31. The highest BCUT2D eigenvalue weighted by Gasteiger charge is 2.19. The van der Waals surface area contributed by atoms with Gasteiger partial charge in [0, 0.05) is 62.1 Å². The van der Waals surface area contributed by atoms with Gasteiger partial charge in [0.1, 0.15) is 11.6 Å². The maximum Gasteiger partial charge on any atom is 0.209 e. The number of nitrogens with zero attached hydrogens (tertiary/aromatic N) is 6. The number of fused-ring (bicyclic) bond motifs is 1. The Morgan fingerprint density at radius 2 is 1.93 bits per heavy atom. The van der Waals surface area contributed by atoms with Crippen LogP contribution in [0.2, 0.25) is 0 Å². The summed E-state index contributed by atoms with van der Waals surface area (Å²) in [6.07, 6.45) is 5.93. The van der Waals surface area contributed by atoms with Crippen molar-refractivity contribution in [2.45, 2.75) is 13.8 Å². The number of ketones is 1. The van der Waals surface area contributed by atoms with Crippen LogP contribution in [0.15, 0.2) is 55.1 Å². The maximum atomic E-state index is 13.7. The molecular formula is C27H30FN9O3. The normalized spacial score (nSPS) is 13.3. The second kappa shape index (κ2) is 12.2. The number of anilines is 2. The van der Waals surface area contributed by atoms with E-state index in [1.54, 1.807) is 23.1 Å². The van der Waals surface area contributed by atoms with E-state index >= 15 is 0 Å². The summed E-state index contributed by atoms with van der Waals surface area (Å²) >= 11 is 0. The molecule has 12 nitrogen and oxygen atoms in total. The first-order chi connectivity index (χ1) is 19.2. The fourth-order valence-electron chi connectivity index (χ4n) is 4.28. The molecule has 0 spiro atoms. The number of nitrogens with two attached hydrogens (primary N) is 2. The molecule has 4 aromatic rings. The number of nitrogens with one attached hydrogen (secondary N) is 1. The third-order valence-electron chi connectivity index (χ3n) is 6.29. The Balaban J connectivity index is 0.000000189. The van der Waals surface area contributed by atoms with Gasteiger partial charge in [-0.25, -0.2) is 25.2 Å². The molecule has 40 heavy (non-hydrogen) atoms. The number of aromatic hydroxyl groups is 1. The van der Waals surface area contributed by atoms with Gasteiger partial charge in [-0.15, -0.1) is 0 Å². The van der Waals surface area contributed by atoms with Gasteiger partial charge >= 0.3 is 0 Å². The van der Waals surface area contributed by atoms with E-state index < -0.39 is 5.82 Å². The zero-order chi connectivity index (χ0) is 28.8. The van der Waals surface area contributed by atoms with Crippen molar-refractivity contribution in [3.63, 3.8) is 0 Å². The number of hydrogen-bond donors (Lipinski definition) is 4. The van der Waals surface area contributed by atoms with E-state index in [0.29, 0.717) is 30.0 Å². The van der Waals surface area contributed by atoms with Crippen LogP contribution < -0.4 is 21.5 Å². The average molecular weight is 548 g/mol. The predicted octanol–water partition coefficient (Wildman–Crippen LogP) is 2.45. The molecule has 6 N–H and O–H groups in total. The molecule has 4 heterocycles. The molecule has 1 aromatic carbocycles. The number of phenols is 1. The number of Topliss-reactive ketones (excluding diaryl/α,β-unsaturated/α-hetero) is 1. The van der Waals surface area contributed by atoms with Gasteiger partial charge in [0.2, 0.25) is 6.41 Å². The summed E-state index contributed by atoms with van der Waals surface area (Å²) in [4.78, 5) is 41.8. The molecule has 208 valence electrons. The van der Waals surface area contributed by atoms with E-state index in [1.165, 1.54) is 25.5 Å². The van der Waals surface area contributed by atoms with Gasteiger partial charge in [0.05, 0.1) is 22.7 Å². The quantitative estimate of drug-likeness (QED) is 0.122. The minimum absolute atomic E-state index is 0.171. The first-order valence-electron chi connectivity index (χ1n) is 12.4. The van der Waals surface area contributed by atoms with Crippen molar-refractivity contribution < 1.29 is 19.1 Å². The molecule has 0 unspecified atom stereocenters. The van der Waals surface area contributed by atoms with Crippen LogP contribution in [0.25, 0.3) is 22.3 Å². The van der Waals surface area contributed by atoms with Gasteiger partial charge < -0.3 is 25.6 Å². The van der Waals surface area contributed by atoms with Gasteiger partial charge in [-0.3, -0.25) is 14.6 Å². The molecule has 0 radical (unpaired) electrons. The summed E-state index contributed by atoms with van der Waals surface area (Å²) in [5.74, 6) is 6.66. The number of aromatic nitrogens is 4. The number of hydrogen-bond acceptors (Lipinski definition) is 10. The summed E-state index contributed by atoms with van der Waals surface area (Å²) in [5, 5.41) is 11.3. The van der Waals surface area contributed by atoms with Gasteiger partial charge in [-0.2, -0.15) is 0 Å². The number of halogens is 1. The summed E-state index contributed by atoms with van der Waals surface area (Å²) in [7, 11) is 0. The number of carbonyl (C=O) groups excluding carboxylic acids is 2. The fourth-order valence-corrected chi connectivity index (χ4v) is 4.28. The number of rotatable bonds is 6. The molecule has 0 saturated carbocycles. The first kappa shape index (κ1) is 28.0. The standard InChI is InChI=1S/C16H18N4O2.C11H12FN5O/c1-12-10-15(20-8-6-19(11-21)7-9-20)18-16(17-12)13-4-2-3-5-14(13)22;1-6(18)7-4-15-10-9(7)8(12)5-16-11(10)17(14)3-2-13/h2-5,10-11,22H,6-9H2,1H3;2-5,15H,13-14H2,1H3/b;3-2-. The number of amides is 1. The summed E-state index contributed by atoms with van der Waals surface area (Å²) < 4.78 is 13.7. The Morgan fingerprint density at radius 1 is 1.20 bits per heavy atom. The van der Waals surface area contributed by atoms with E-state index in [-0.39, 0.29) is 28.3 Å². The Labute approximate surface area is 229 Å². The molecule has 13 heteroatoms. The van der Waals surface area contributed by atoms with Crippen molar-refractivity contribution in [2.75, 3.05) is 36.1 Å². The number of pyridine rings is 1. The maximum absolute atomic E-state index is 13.7. The summed E-state index contributed by atoms with van der Waals surface area (Å²) in [6.45, 7) is 6.15. The summed E-state index contributed by atoms with van der Waals surface area (Å²) in [6, 6.07) is 8.99. The fraction of sp³-hybridized carbons (Fsp3) is 0.222. The van der Waals surface area contributed by atoms with E-state index in [9.17, 15) is 19.1 Å². The van der Waals surface area contributed by atoms with Crippen LogP contribution >= 0.6 is 0 Å². The lowest BCUT2D eigenvalue weighted by atomic mass is 10.1. The Hall–Kier alpha value is -5.04. The van der Waals surface area contributed by atoms with Crippen molar-refractivity contribution in [1.29, 1.82) is 0 Å². The second-order valence-corrected chi connectivity index (χ2v) is 9.02. The van der Waals surface area contributed by atoms with Gasteiger partial charge in [0.15, 0.2) is 23.2 Å². The van der Waals surface area contributed by atoms with Crippen molar-refractivity contribution in [1.82, 2.24) is 24.8 Å². The lowest BCUT2D eigenvalue weighted by Crippen LogP contribution is -2.46. The van der Waals surface area contributed by atoms with Crippen molar-refractivity contribution >= 4 is 34.7 Å². The number of phenolic OH excluding ortho intramolecular Hbond substituents is 1. The average Bonchev–Trinajstić information content (AvgIpc) is 3.40. The van der Waals surface area contributed by atoms with Gasteiger partial charge in [-0.1, -0.05) is 12.1 Å². The number of H-pyrrole nitrogens is 1. The number of aryl methyl sites for hydroxylation is 1.